The molecule has 0 saturated carbocycles. The number of alkyl halides is 6. The van der Waals surface area contributed by atoms with Crippen molar-refractivity contribution in [1.29, 1.82) is 0 Å². The molecule has 0 aliphatic heterocycles. The lowest BCUT2D eigenvalue weighted by atomic mass is 10.1. The second-order valence-electron chi connectivity index (χ2n) is 7.09. The smallest absolute Gasteiger partial charge is 0.261 e. The monoisotopic (exact) mass is 637 g/mol. The number of nitrogens with zero attached hydrogens (tertiary/aromatic N) is 3. The van der Waals surface area contributed by atoms with Gasteiger partial charge in [-0.15, -0.1) is 15.0 Å². The number of rotatable bonds is 7. The highest BCUT2D eigenvalue weighted by molar-refractivity contribution is 9.10. The molecule has 0 atom stereocenters. The molecule has 0 spiro atoms. The molecule has 0 unspecified atom stereocenters. The Labute approximate surface area is 214 Å². The molecule has 3 aromatic rings. The number of benzene rings is 1. The minimum atomic E-state index is -7.00. The summed E-state index contributed by atoms with van der Waals surface area (Å²) >= 11 is 3.91. The third-order valence-electron chi connectivity index (χ3n) is 4.54. The van der Waals surface area contributed by atoms with E-state index in [2.05, 4.69) is 25.9 Å². The van der Waals surface area contributed by atoms with Crippen molar-refractivity contribution in [2.75, 3.05) is 3.71 Å². The average Bonchev–Trinajstić information content (AvgIpc) is 3.24. The molecule has 7 nitrogen and oxygen atoms in total. The fourth-order valence-corrected chi connectivity index (χ4v) is 7.30. The Morgan fingerprint density at radius 1 is 0.944 bits per heavy atom. The third kappa shape index (κ3) is 5.38. The molecule has 2 aromatic heterocycles. The van der Waals surface area contributed by atoms with Crippen molar-refractivity contribution in [3.8, 4) is 21.8 Å². The number of pyridine rings is 1. The second kappa shape index (κ2) is 9.90. The highest BCUT2D eigenvalue weighted by Gasteiger charge is 2.62. The molecular formula is C19H14BrF6N3O4S3. The minimum absolute atomic E-state index is 0.171. The van der Waals surface area contributed by atoms with E-state index in [1.807, 2.05) is 13.0 Å². The standard InChI is InChI=1S/C19H14BrF6N3O4S3/c1-2-3-13-8-12(6-7-27-13)17-28-15(10-34-17)11-4-5-16(14(20)9-11)29(35(30,31)18(21,22)23)36(32,33)19(24,25)26/h4-10H,2-3H2,1H3. The minimum Gasteiger partial charge on any atom is -0.261 e. The summed E-state index contributed by atoms with van der Waals surface area (Å²) in [6.45, 7) is 1.98. The van der Waals surface area contributed by atoms with E-state index in [9.17, 15) is 43.2 Å². The van der Waals surface area contributed by atoms with Crippen molar-refractivity contribution in [3.05, 3.63) is 52.1 Å². The van der Waals surface area contributed by atoms with Crippen LogP contribution in [0.2, 0.25) is 0 Å². The molecule has 0 amide bonds. The van der Waals surface area contributed by atoms with Crippen LogP contribution in [0.25, 0.3) is 21.8 Å². The quantitative estimate of drug-likeness (QED) is 0.291. The van der Waals surface area contributed by atoms with Crippen LogP contribution in [-0.4, -0.2) is 37.8 Å². The van der Waals surface area contributed by atoms with Crippen molar-refractivity contribution in [3.63, 3.8) is 0 Å². The molecule has 0 saturated heterocycles. The Bertz CT molecular complexity index is 1440. The molecule has 196 valence electrons. The van der Waals surface area contributed by atoms with Crippen LogP contribution in [0.4, 0.5) is 32.0 Å². The molecular weight excluding hydrogens is 624 g/mol. The Hall–Kier alpha value is -2.24. The number of hydrogen-bond donors (Lipinski definition) is 0. The van der Waals surface area contributed by atoms with Crippen molar-refractivity contribution < 1.29 is 43.2 Å². The highest BCUT2D eigenvalue weighted by Crippen LogP contribution is 2.42. The van der Waals surface area contributed by atoms with Crippen molar-refractivity contribution in [2.24, 2.45) is 0 Å². The normalized spacial score (nSPS) is 13.1. The maximum Gasteiger partial charge on any atom is 0.517 e. The second-order valence-corrected chi connectivity index (χ2v) is 12.6. The highest BCUT2D eigenvalue weighted by atomic mass is 79.9. The SMILES string of the molecule is CCCc1cc(-c2nc(-c3ccc(N(S(=O)(=O)C(F)(F)F)S(=O)(=O)C(F)(F)F)c(Br)c3)cs2)ccn1. The van der Waals surface area contributed by atoms with Gasteiger partial charge in [0.1, 0.15) is 5.01 Å². The van der Waals surface area contributed by atoms with Crippen LogP contribution in [0.15, 0.2) is 46.4 Å². The number of thiazole rings is 1. The Morgan fingerprint density at radius 2 is 1.56 bits per heavy atom. The maximum atomic E-state index is 13.1. The van der Waals surface area contributed by atoms with Crippen molar-refractivity contribution in [2.45, 2.75) is 30.8 Å². The lowest BCUT2D eigenvalue weighted by molar-refractivity contribution is -0.0462. The van der Waals surface area contributed by atoms with E-state index in [-0.39, 0.29) is 11.3 Å². The van der Waals surface area contributed by atoms with E-state index in [0.717, 1.165) is 36.2 Å². The van der Waals surface area contributed by atoms with Crippen molar-refractivity contribution in [1.82, 2.24) is 9.97 Å². The summed E-state index contributed by atoms with van der Waals surface area (Å²) in [5.41, 5.74) is -12.1. The van der Waals surface area contributed by atoms with Crippen LogP contribution in [0.5, 0.6) is 0 Å². The van der Waals surface area contributed by atoms with Gasteiger partial charge in [0.15, 0.2) is 0 Å². The number of aryl methyl sites for hydroxylation is 1. The number of aromatic nitrogens is 2. The van der Waals surface area contributed by atoms with Crippen LogP contribution in [0.1, 0.15) is 19.0 Å². The summed E-state index contributed by atoms with van der Waals surface area (Å²) in [5, 5.41) is 2.11. The molecule has 0 aliphatic rings. The van der Waals surface area contributed by atoms with Crippen molar-refractivity contribution >= 4 is 53.0 Å². The predicted octanol–water partition coefficient (Wildman–Crippen LogP) is 6.09. The van der Waals surface area contributed by atoms with E-state index < -0.39 is 44.9 Å². The van der Waals surface area contributed by atoms with Crippen LogP contribution in [0, 0.1) is 0 Å². The third-order valence-corrected chi connectivity index (χ3v) is 9.68. The van der Waals surface area contributed by atoms with Gasteiger partial charge in [-0.2, -0.15) is 43.2 Å². The molecule has 0 N–H and O–H groups in total. The van der Waals surface area contributed by atoms with Gasteiger partial charge in [-0.25, -0.2) is 4.98 Å². The molecule has 17 heteroatoms. The fraction of sp³-hybridized carbons (Fsp3) is 0.263. The first-order valence-corrected chi connectivity index (χ1v) is 14.2. The van der Waals surface area contributed by atoms with Gasteiger partial charge in [0, 0.05) is 32.9 Å². The molecule has 3 rings (SSSR count). The largest absolute Gasteiger partial charge is 0.517 e. The zero-order chi connectivity index (χ0) is 27.1. The summed E-state index contributed by atoms with van der Waals surface area (Å²) in [7, 11) is -14.0. The zero-order valence-electron chi connectivity index (χ0n) is 17.8. The topological polar surface area (TPSA) is 97.3 Å². The molecule has 1 aromatic carbocycles. The van der Waals surface area contributed by atoms with Gasteiger partial charge in [0.2, 0.25) is 0 Å². The summed E-state index contributed by atoms with van der Waals surface area (Å²) in [6, 6.07) is 5.97. The summed E-state index contributed by atoms with van der Waals surface area (Å²) in [6.07, 6.45) is 3.20. The van der Waals surface area contributed by atoms with Crippen LogP contribution in [-0.2, 0) is 26.5 Å². The summed E-state index contributed by atoms with van der Waals surface area (Å²) in [4.78, 5) is 8.64. The lowest BCUT2D eigenvalue weighted by Gasteiger charge is -2.26. The van der Waals surface area contributed by atoms with Crippen LogP contribution >= 0.6 is 27.3 Å². The molecule has 0 aliphatic carbocycles. The van der Waals surface area contributed by atoms with Crippen LogP contribution < -0.4 is 3.71 Å². The summed E-state index contributed by atoms with van der Waals surface area (Å²) in [5.74, 6) is 0. The van der Waals surface area contributed by atoms with E-state index in [1.165, 1.54) is 11.3 Å². The van der Waals surface area contributed by atoms with Gasteiger partial charge >= 0.3 is 31.1 Å². The van der Waals surface area contributed by atoms with Crippen LogP contribution in [0.3, 0.4) is 0 Å². The Morgan fingerprint density at radius 3 is 2.08 bits per heavy atom. The first-order chi connectivity index (χ1) is 16.5. The molecule has 0 radical (unpaired) electrons. The number of hydrogen-bond acceptors (Lipinski definition) is 7. The zero-order valence-corrected chi connectivity index (χ0v) is 21.8. The number of anilines is 1. The Kier molecular flexibility index (Phi) is 7.80. The summed E-state index contributed by atoms with van der Waals surface area (Å²) < 4.78 is 124. The van der Waals surface area contributed by atoms with Gasteiger partial charge in [-0.3, -0.25) is 4.98 Å². The lowest BCUT2D eigenvalue weighted by Crippen LogP contribution is -2.49. The first kappa shape index (κ1) is 28.3. The maximum absolute atomic E-state index is 13.1. The number of halogens is 7. The molecule has 0 bridgehead atoms. The van der Waals surface area contributed by atoms with E-state index in [1.54, 1.807) is 17.6 Å². The van der Waals surface area contributed by atoms with Gasteiger partial charge in [-0.05, 0) is 46.6 Å². The fourth-order valence-electron chi connectivity index (χ4n) is 2.93. The Balaban J connectivity index is 2.08. The van der Waals surface area contributed by atoms with Gasteiger partial charge < -0.3 is 0 Å². The molecule has 2 heterocycles. The first-order valence-electron chi connectivity index (χ1n) is 9.64. The van der Waals surface area contributed by atoms with Gasteiger partial charge in [0.25, 0.3) is 0 Å². The van der Waals surface area contributed by atoms with E-state index in [4.69, 9.17) is 0 Å². The van der Waals surface area contributed by atoms with Gasteiger partial charge in [-0.1, -0.05) is 19.4 Å². The predicted molar refractivity (Wildman–Crippen MR) is 125 cm³/mol. The molecule has 0 fully saturated rings. The van der Waals surface area contributed by atoms with E-state index in [0.29, 0.717) is 11.1 Å². The molecule has 36 heavy (non-hydrogen) atoms. The number of sulfonamides is 2. The van der Waals surface area contributed by atoms with Gasteiger partial charge in [0.05, 0.1) is 11.4 Å². The average molecular weight is 638 g/mol. The van der Waals surface area contributed by atoms with E-state index >= 15 is 0 Å².